The summed E-state index contributed by atoms with van der Waals surface area (Å²) < 4.78 is 0. The Morgan fingerprint density at radius 1 is 0.269 bits per heavy atom. The molecule has 52 heavy (non-hydrogen) atoms. The number of rotatable bonds is 42. The maximum absolute atomic E-state index is 5.00. The SMILES string of the molecule is [CH2]c1nc(CCCCCCCCCCCCCCC)c(CCCCCCCCCCCCCCC)c(CCCCCCCCCCCCCCC)n1. The number of aromatic nitrogens is 2. The van der Waals surface area contributed by atoms with Crippen molar-refractivity contribution in [3.63, 3.8) is 0 Å². The molecule has 0 unspecified atom stereocenters. The van der Waals surface area contributed by atoms with Gasteiger partial charge < -0.3 is 0 Å². The van der Waals surface area contributed by atoms with Gasteiger partial charge in [-0.3, -0.25) is 0 Å². The summed E-state index contributed by atoms with van der Waals surface area (Å²) in [5.41, 5.74) is 4.23. The van der Waals surface area contributed by atoms with Gasteiger partial charge in [-0.05, 0) is 44.1 Å². The van der Waals surface area contributed by atoms with Crippen LogP contribution >= 0.6 is 0 Å². The normalized spacial score (nSPS) is 11.6. The second-order valence-electron chi connectivity index (χ2n) is 17.0. The van der Waals surface area contributed by atoms with Gasteiger partial charge in [0.15, 0.2) is 0 Å². The average molecular weight is 724 g/mol. The molecule has 0 saturated carbocycles. The standard InChI is InChI=1S/C50H95N2/c1-5-8-11-14-17-20-23-26-29-32-35-38-41-44-48-49(45-42-39-36-33-30-27-24-21-18-15-12-9-6-2)51-47(4)52-50(48)46-43-40-37-34-31-28-25-22-19-16-13-10-7-3/h4-46H2,1-3H3. The minimum absolute atomic E-state index is 0.767. The van der Waals surface area contributed by atoms with Crippen molar-refractivity contribution in [1.82, 2.24) is 9.97 Å². The lowest BCUT2D eigenvalue weighted by Gasteiger charge is -2.15. The molecule has 0 bridgehead atoms. The molecule has 0 spiro atoms. The molecule has 0 aromatic carbocycles. The second-order valence-corrected chi connectivity index (χ2v) is 17.0. The van der Waals surface area contributed by atoms with Gasteiger partial charge in [-0.2, -0.15) is 0 Å². The lowest BCUT2D eigenvalue weighted by Crippen LogP contribution is -2.09. The van der Waals surface area contributed by atoms with E-state index in [4.69, 9.17) is 9.97 Å². The van der Waals surface area contributed by atoms with Crippen LogP contribution in [-0.2, 0) is 19.3 Å². The Hall–Kier alpha value is -0.920. The Bertz CT molecular complexity index is 796. The van der Waals surface area contributed by atoms with E-state index in [1.54, 1.807) is 0 Å². The summed E-state index contributed by atoms with van der Waals surface area (Å²) in [7, 11) is 0. The van der Waals surface area contributed by atoms with Crippen molar-refractivity contribution in [2.75, 3.05) is 0 Å². The predicted octanol–water partition coefficient (Wildman–Crippen LogP) is 17.6. The summed E-state index contributed by atoms with van der Waals surface area (Å²) in [5, 5.41) is 0. The molecule has 1 rings (SSSR count). The van der Waals surface area contributed by atoms with Crippen LogP contribution in [0, 0.1) is 6.92 Å². The fourth-order valence-corrected chi connectivity index (χ4v) is 8.28. The third-order valence-corrected chi connectivity index (χ3v) is 11.8. The summed E-state index contributed by atoms with van der Waals surface area (Å²) in [6.45, 7) is 11.2. The molecule has 0 fully saturated rings. The predicted molar refractivity (Wildman–Crippen MR) is 235 cm³/mol. The van der Waals surface area contributed by atoms with Gasteiger partial charge in [0.05, 0.1) is 0 Å². The lowest BCUT2D eigenvalue weighted by atomic mass is 9.96. The number of nitrogens with zero attached hydrogens (tertiary/aromatic N) is 2. The maximum atomic E-state index is 5.00. The van der Waals surface area contributed by atoms with Crippen molar-refractivity contribution >= 4 is 0 Å². The highest BCUT2D eigenvalue weighted by atomic mass is 14.9. The van der Waals surface area contributed by atoms with Crippen LogP contribution in [0.1, 0.15) is 294 Å². The largest absolute Gasteiger partial charge is 0.238 e. The second kappa shape index (κ2) is 39.8. The van der Waals surface area contributed by atoms with Crippen molar-refractivity contribution in [3.8, 4) is 0 Å². The molecule has 0 aliphatic heterocycles. The summed E-state index contributed by atoms with van der Waals surface area (Å²) in [4.78, 5) is 10.00. The van der Waals surface area contributed by atoms with Crippen molar-refractivity contribution in [1.29, 1.82) is 0 Å². The number of aryl methyl sites for hydroxylation is 2. The third-order valence-electron chi connectivity index (χ3n) is 11.8. The van der Waals surface area contributed by atoms with Gasteiger partial charge in [0.2, 0.25) is 0 Å². The van der Waals surface area contributed by atoms with E-state index >= 15 is 0 Å². The van der Waals surface area contributed by atoms with E-state index in [0.29, 0.717) is 0 Å². The fraction of sp³-hybridized carbons (Fsp3) is 0.900. The molecule has 0 atom stereocenters. The number of hydrogen-bond acceptors (Lipinski definition) is 2. The molecule has 1 heterocycles. The first-order valence-corrected chi connectivity index (χ1v) is 24.4. The molecule has 0 aliphatic rings. The Morgan fingerprint density at radius 3 is 0.692 bits per heavy atom. The molecule has 305 valence electrons. The van der Waals surface area contributed by atoms with E-state index < -0.39 is 0 Å². The topological polar surface area (TPSA) is 25.8 Å². The highest BCUT2D eigenvalue weighted by molar-refractivity contribution is 5.27. The average Bonchev–Trinajstić information content (AvgIpc) is 3.14. The van der Waals surface area contributed by atoms with Gasteiger partial charge in [0.25, 0.3) is 0 Å². The van der Waals surface area contributed by atoms with Crippen LogP contribution in [0.5, 0.6) is 0 Å². The third kappa shape index (κ3) is 31.4. The first-order valence-electron chi connectivity index (χ1n) is 24.4. The summed E-state index contributed by atoms with van der Waals surface area (Å²) >= 11 is 0. The first kappa shape index (κ1) is 49.1. The Labute approximate surface area is 329 Å². The highest BCUT2D eigenvalue weighted by Crippen LogP contribution is 2.22. The zero-order valence-electron chi connectivity index (χ0n) is 36.3. The van der Waals surface area contributed by atoms with E-state index in [1.165, 1.54) is 274 Å². The van der Waals surface area contributed by atoms with E-state index in [1.807, 2.05) is 0 Å². The quantitative estimate of drug-likeness (QED) is 0.0628. The van der Waals surface area contributed by atoms with E-state index in [2.05, 4.69) is 27.7 Å². The number of unbranched alkanes of at least 4 members (excludes halogenated alkanes) is 36. The molecule has 1 radical (unpaired) electrons. The van der Waals surface area contributed by atoms with E-state index in [9.17, 15) is 0 Å². The van der Waals surface area contributed by atoms with Crippen LogP contribution in [0.4, 0.5) is 0 Å². The van der Waals surface area contributed by atoms with Crippen molar-refractivity contribution in [2.45, 2.75) is 290 Å². The zero-order chi connectivity index (χ0) is 37.4. The molecule has 2 heteroatoms. The van der Waals surface area contributed by atoms with Crippen LogP contribution < -0.4 is 0 Å². The molecule has 0 amide bonds. The maximum Gasteiger partial charge on any atom is 0.129 e. The van der Waals surface area contributed by atoms with Crippen LogP contribution in [0.2, 0.25) is 0 Å². The van der Waals surface area contributed by atoms with Gasteiger partial charge in [-0.1, -0.05) is 252 Å². The molecule has 1 aromatic rings. The Balaban J connectivity index is 2.42. The van der Waals surface area contributed by atoms with Gasteiger partial charge in [0, 0.05) is 18.3 Å². The lowest BCUT2D eigenvalue weighted by molar-refractivity contribution is 0.534. The summed E-state index contributed by atoms with van der Waals surface area (Å²) in [6, 6.07) is 0. The summed E-state index contributed by atoms with van der Waals surface area (Å²) in [6.07, 6.45) is 58.5. The molecule has 0 aliphatic carbocycles. The monoisotopic (exact) mass is 724 g/mol. The van der Waals surface area contributed by atoms with Crippen LogP contribution in [0.25, 0.3) is 0 Å². The minimum atomic E-state index is 0.767. The minimum Gasteiger partial charge on any atom is -0.238 e. The zero-order valence-corrected chi connectivity index (χ0v) is 36.3. The Kier molecular flexibility index (Phi) is 37.5. The summed E-state index contributed by atoms with van der Waals surface area (Å²) in [5.74, 6) is 0.767. The number of hydrogen-bond donors (Lipinski definition) is 0. The van der Waals surface area contributed by atoms with Crippen molar-refractivity contribution in [3.05, 3.63) is 29.7 Å². The first-order chi connectivity index (χ1) is 25.7. The molecule has 2 nitrogen and oxygen atoms in total. The van der Waals surface area contributed by atoms with Gasteiger partial charge in [-0.15, -0.1) is 0 Å². The molecule has 0 saturated heterocycles. The fourth-order valence-electron chi connectivity index (χ4n) is 8.28. The van der Waals surface area contributed by atoms with Crippen LogP contribution in [0.15, 0.2) is 0 Å². The van der Waals surface area contributed by atoms with Crippen molar-refractivity contribution in [2.24, 2.45) is 0 Å². The van der Waals surface area contributed by atoms with E-state index in [-0.39, 0.29) is 0 Å². The van der Waals surface area contributed by atoms with Crippen molar-refractivity contribution < 1.29 is 0 Å². The smallest absolute Gasteiger partial charge is 0.129 e. The van der Waals surface area contributed by atoms with Crippen LogP contribution in [0.3, 0.4) is 0 Å². The van der Waals surface area contributed by atoms with E-state index in [0.717, 1.165) is 18.7 Å². The van der Waals surface area contributed by atoms with Crippen LogP contribution in [-0.4, -0.2) is 9.97 Å². The molecule has 1 aromatic heterocycles. The van der Waals surface area contributed by atoms with Gasteiger partial charge in [0.1, 0.15) is 5.82 Å². The van der Waals surface area contributed by atoms with Gasteiger partial charge >= 0.3 is 0 Å². The highest BCUT2D eigenvalue weighted by Gasteiger charge is 2.13. The molecular formula is C50H95N2. The van der Waals surface area contributed by atoms with Gasteiger partial charge in [-0.25, -0.2) is 9.97 Å². The molecular weight excluding hydrogens is 629 g/mol. The molecule has 0 N–H and O–H groups in total. The Morgan fingerprint density at radius 2 is 0.462 bits per heavy atom.